The molecule has 0 aromatic heterocycles. The second-order valence-corrected chi connectivity index (χ2v) is 10.8. The molecule has 1 heterocycles. The van der Waals surface area contributed by atoms with Crippen LogP contribution < -0.4 is 0 Å². The second-order valence-electron chi connectivity index (χ2n) is 10.8. The predicted molar refractivity (Wildman–Crippen MR) is 160 cm³/mol. The normalized spacial score (nSPS) is 13.8. The Labute approximate surface area is 227 Å². The summed E-state index contributed by atoms with van der Waals surface area (Å²) < 4.78 is 1.55. The summed E-state index contributed by atoms with van der Waals surface area (Å²) in [7, 11) is 0. The SMILES string of the molecule is CCCCCCc1cccc(C2=C(CCCCC)C(CCCC)=C(c3ccc(CCCC)cc3)[N+]2=[N-])c1. The molecular weight excluding hydrogens is 448 g/mol. The van der Waals surface area contributed by atoms with Gasteiger partial charge in [0.15, 0.2) is 0 Å². The summed E-state index contributed by atoms with van der Waals surface area (Å²) in [6.07, 6.45) is 17.7. The molecule has 1 aliphatic heterocycles. The van der Waals surface area contributed by atoms with Gasteiger partial charge in [-0.15, -0.1) is 0 Å². The molecule has 0 amide bonds. The summed E-state index contributed by atoms with van der Waals surface area (Å²) in [5.74, 6) is 0. The quantitative estimate of drug-likeness (QED) is 0.153. The first kappa shape index (κ1) is 29.1. The van der Waals surface area contributed by atoms with Crippen molar-refractivity contribution in [2.75, 3.05) is 0 Å². The molecule has 0 radical (unpaired) electrons. The third-order valence-electron chi connectivity index (χ3n) is 7.74. The maximum Gasteiger partial charge on any atom is 0.211 e. The first-order chi connectivity index (χ1) is 18.1. The Bertz CT molecular complexity index is 1050. The minimum atomic E-state index is 1.00. The minimum Gasteiger partial charge on any atom is -0.493 e. The van der Waals surface area contributed by atoms with E-state index in [1.54, 1.807) is 4.70 Å². The van der Waals surface area contributed by atoms with Crippen LogP contribution in [0, 0.1) is 0 Å². The maximum atomic E-state index is 11.8. The summed E-state index contributed by atoms with van der Waals surface area (Å²) in [4.78, 5) is 0. The van der Waals surface area contributed by atoms with Crippen molar-refractivity contribution in [2.24, 2.45) is 0 Å². The highest BCUT2D eigenvalue weighted by Crippen LogP contribution is 2.44. The molecule has 2 heteroatoms. The lowest BCUT2D eigenvalue weighted by atomic mass is 9.91. The number of hydrogen-bond acceptors (Lipinski definition) is 0. The molecule has 200 valence electrons. The van der Waals surface area contributed by atoms with Crippen LogP contribution in [0.3, 0.4) is 0 Å². The van der Waals surface area contributed by atoms with E-state index in [0.29, 0.717) is 0 Å². The third kappa shape index (κ3) is 8.00. The number of allylic oxidation sites excluding steroid dienone is 2. The van der Waals surface area contributed by atoms with Crippen molar-refractivity contribution in [1.82, 2.24) is 0 Å². The lowest BCUT2D eigenvalue weighted by Gasteiger charge is -2.11. The van der Waals surface area contributed by atoms with Crippen LogP contribution in [0.15, 0.2) is 59.7 Å². The van der Waals surface area contributed by atoms with Gasteiger partial charge < -0.3 is 5.53 Å². The standard InChI is InChI=1S/C35H50N2/c1-5-9-13-15-18-29-19-16-20-31(27-29)35-33(22-14-10-6-2)32(21-12-8-4)34(37(35)36)30-25-23-28(24-26-30)17-11-7-3/h16,19-20,23-27H,5-15,17-18,21-22H2,1-4H3. The zero-order valence-electron chi connectivity index (χ0n) is 24.1. The van der Waals surface area contributed by atoms with Gasteiger partial charge >= 0.3 is 0 Å². The highest BCUT2D eigenvalue weighted by Gasteiger charge is 2.35. The molecule has 1 aliphatic rings. The van der Waals surface area contributed by atoms with Crippen LogP contribution in [0.4, 0.5) is 0 Å². The van der Waals surface area contributed by atoms with Crippen molar-refractivity contribution in [1.29, 1.82) is 0 Å². The molecule has 0 spiro atoms. The van der Waals surface area contributed by atoms with E-state index in [1.807, 2.05) is 0 Å². The van der Waals surface area contributed by atoms with Crippen LogP contribution in [0.2, 0.25) is 0 Å². The Kier molecular flexibility index (Phi) is 12.3. The van der Waals surface area contributed by atoms with Crippen molar-refractivity contribution >= 4 is 11.4 Å². The Morgan fingerprint density at radius 1 is 0.514 bits per heavy atom. The molecule has 2 nitrogen and oxygen atoms in total. The predicted octanol–water partition coefficient (Wildman–Crippen LogP) is 11.1. The van der Waals surface area contributed by atoms with Crippen molar-refractivity contribution in [2.45, 2.75) is 124 Å². The zero-order valence-corrected chi connectivity index (χ0v) is 24.1. The number of nitrogens with zero attached hydrogens (tertiary/aromatic N) is 2. The fraction of sp³-hybridized carbons (Fsp3) is 0.543. The van der Waals surface area contributed by atoms with Crippen molar-refractivity contribution in [3.8, 4) is 0 Å². The lowest BCUT2D eigenvalue weighted by Crippen LogP contribution is -2.03. The molecule has 0 unspecified atom stereocenters. The van der Waals surface area contributed by atoms with Crippen molar-refractivity contribution in [3.63, 3.8) is 0 Å². The van der Waals surface area contributed by atoms with Gasteiger partial charge in [0.25, 0.3) is 0 Å². The minimum absolute atomic E-state index is 1.00. The third-order valence-corrected chi connectivity index (χ3v) is 7.74. The van der Waals surface area contributed by atoms with E-state index in [0.717, 1.165) is 61.0 Å². The monoisotopic (exact) mass is 498 g/mol. The van der Waals surface area contributed by atoms with E-state index in [4.69, 9.17) is 0 Å². The fourth-order valence-electron chi connectivity index (χ4n) is 5.53. The number of rotatable bonds is 17. The Hall–Kier alpha value is -2.48. The van der Waals surface area contributed by atoms with Crippen molar-refractivity contribution in [3.05, 3.63) is 87.5 Å². The Morgan fingerprint density at radius 2 is 1.05 bits per heavy atom. The average molecular weight is 499 g/mol. The van der Waals surface area contributed by atoms with Crippen LogP contribution in [-0.2, 0) is 12.8 Å². The zero-order chi connectivity index (χ0) is 26.5. The Morgan fingerprint density at radius 3 is 1.73 bits per heavy atom. The molecule has 0 saturated carbocycles. The number of aryl methyl sites for hydroxylation is 2. The van der Waals surface area contributed by atoms with E-state index in [9.17, 15) is 5.53 Å². The molecule has 0 aliphatic carbocycles. The highest BCUT2D eigenvalue weighted by atomic mass is 15.2. The molecule has 3 rings (SSSR count). The van der Waals surface area contributed by atoms with Crippen LogP contribution in [0.5, 0.6) is 0 Å². The van der Waals surface area contributed by atoms with Crippen LogP contribution in [0.25, 0.3) is 16.9 Å². The van der Waals surface area contributed by atoms with Crippen LogP contribution in [0.1, 0.15) is 133 Å². The summed E-state index contributed by atoms with van der Waals surface area (Å²) in [5.41, 5.74) is 21.6. The molecule has 2 aromatic rings. The molecule has 0 bridgehead atoms. The van der Waals surface area contributed by atoms with Crippen LogP contribution in [-0.4, -0.2) is 4.70 Å². The van der Waals surface area contributed by atoms with Gasteiger partial charge in [0, 0.05) is 22.3 Å². The first-order valence-corrected chi connectivity index (χ1v) is 15.3. The highest BCUT2D eigenvalue weighted by molar-refractivity contribution is 5.82. The molecule has 0 fully saturated rings. The molecule has 37 heavy (non-hydrogen) atoms. The second kappa shape index (κ2) is 15.7. The molecule has 0 saturated heterocycles. The van der Waals surface area contributed by atoms with Crippen LogP contribution >= 0.6 is 0 Å². The van der Waals surface area contributed by atoms with Gasteiger partial charge in [-0.1, -0.05) is 96.9 Å². The summed E-state index contributed by atoms with van der Waals surface area (Å²) in [5, 5.41) is 0. The van der Waals surface area contributed by atoms with E-state index in [1.165, 1.54) is 80.1 Å². The van der Waals surface area contributed by atoms with Crippen molar-refractivity contribution < 1.29 is 4.70 Å². The van der Waals surface area contributed by atoms with Gasteiger partial charge in [-0.3, -0.25) is 0 Å². The van der Waals surface area contributed by atoms with E-state index in [2.05, 4.69) is 76.2 Å². The topological polar surface area (TPSA) is 25.3 Å². The number of unbranched alkanes of at least 4 members (excludes halogenated alkanes) is 7. The van der Waals surface area contributed by atoms with Gasteiger partial charge in [0.2, 0.25) is 11.4 Å². The number of benzene rings is 2. The smallest absolute Gasteiger partial charge is 0.211 e. The maximum absolute atomic E-state index is 11.8. The Balaban J connectivity index is 2.00. The van der Waals surface area contributed by atoms with Gasteiger partial charge in [0.1, 0.15) is 0 Å². The molecular formula is C35H50N2. The molecule has 2 aromatic carbocycles. The van der Waals surface area contributed by atoms with E-state index >= 15 is 0 Å². The first-order valence-electron chi connectivity index (χ1n) is 15.3. The van der Waals surface area contributed by atoms with E-state index < -0.39 is 0 Å². The lowest BCUT2D eigenvalue weighted by molar-refractivity contribution is -0.345. The van der Waals surface area contributed by atoms with E-state index in [-0.39, 0.29) is 0 Å². The fourth-order valence-corrected chi connectivity index (χ4v) is 5.53. The number of hydrogen-bond donors (Lipinski definition) is 0. The summed E-state index contributed by atoms with van der Waals surface area (Å²) in [6, 6.07) is 17.9. The van der Waals surface area contributed by atoms with Gasteiger partial charge in [0.05, 0.1) is 0 Å². The van der Waals surface area contributed by atoms with Gasteiger partial charge in [-0.05, 0) is 86.8 Å². The average Bonchev–Trinajstić information content (AvgIpc) is 3.20. The van der Waals surface area contributed by atoms with Gasteiger partial charge in [-0.2, -0.15) is 0 Å². The largest absolute Gasteiger partial charge is 0.493 e. The molecule has 0 N–H and O–H groups in total. The molecule has 0 atom stereocenters. The summed E-state index contributed by atoms with van der Waals surface area (Å²) >= 11 is 0. The van der Waals surface area contributed by atoms with Gasteiger partial charge in [-0.25, -0.2) is 4.70 Å². The summed E-state index contributed by atoms with van der Waals surface area (Å²) in [6.45, 7) is 9.04.